The van der Waals surface area contributed by atoms with Gasteiger partial charge in [0, 0.05) is 44.8 Å². The van der Waals surface area contributed by atoms with E-state index < -0.39 is 10.2 Å². The minimum atomic E-state index is -3.36. The van der Waals surface area contributed by atoms with Crippen LogP contribution in [0.3, 0.4) is 0 Å². The van der Waals surface area contributed by atoms with E-state index in [0.29, 0.717) is 31.6 Å². The first-order chi connectivity index (χ1) is 12.6. The highest BCUT2D eigenvalue weighted by Gasteiger charge is 2.46. The second kappa shape index (κ2) is 8.37. The Kier molecular flexibility index (Phi) is 6.53. The van der Waals surface area contributed by atoms with Gasteiger partial charge in [-0.05, 0) is 42.7 Å². The van der Waals surface area contributed by atoms with Gasteiger partial charge in [-0.1, -0.05) is 38.1 Å². The fraction of sp³-hybridized carbons (Fsp3) is 0.700. The lowest BCUT2D eigenvalue weighted by molar-refractivity contribution is 0.0199. The standard InChI is InChI=1S/C20H31N3O2S.ClH/c1-3-22(4-2)26(24,25)23-12-7-9-17-15-21-13-11-16-8-5-6-10-18(16)20(21)14-19(17)23;/h5-6,8,10,17,19-20H,3-4,7,9,11-15H2,1-2H3;1H/t17-,19+,20+;/m1./s1. The first-order valence-corrected chi connectivity index (χ1v) is 11.5. The summed E-state index contributed by atoms with van der Waals surface area (Å²) in [4.78, 5) is 2.61. The van der Waals surface area contributed by atoms with Crippen LogP contribution in [0.4, 0.5) is 0 Å². The fourth-order valence-corrected chi connectivity index (χ4v) is 7.25. The van der Waals surface area contributed by atoms with E-state index in [9.17, 15) is 8.42 Å². The maximum absolute atomic E-state index is 13.2. The lowest BCUT2D eigenvalue weighted by Crippen LogP contribution is -2.59. The largest absolute Gasteiger partial charge is 0.296 e. The number of halogens is 1. The summed E-state index contributed by atoms with van der Waals surface area (Å²) in [5.74, 6) is 0.468. The minimum absolute atomic E-state index is 0. The SMILES string of the molecule is CCN(CC)S(=O)(=O)N1CCC[C@@H]2CN3CCc4ccccc4[C@@H]3C[C@@H]21.Cl. The second-order valence-electron chi connectivity index (χ2n) is 7.87. The molecule has 1 aromatic carbocycles. The van der Waals surface area contributed by atoms with Crippen LogP contribution in [0, 0.1) is 5.92 Å². The van der Waals surface area contributed by atoms with E-state index >= 15 is 0 Å². The highest BCUT2D eigenvalue weighted by atomic mass is 35.5. The van der Waals surface area contributed by atoms with Gasteiger partial charge in [-0.25, -0.2) is 0 Å². The lowest BCUT2D eigenvalue weighted by atomic mass is 9.77. The molecule has 0 N–H and O–H groups in total. The smallest absolute Gasteiger partial charge is 0.282 e. The van der Waals surface area contributed by atoms with Gasteiger partial charge in [0.15, 0.2) is 0 Å². The molecule has 0 radical (unpaired) electrons. The van der Waals surface area contributed by atoms with Crippen LogP contribution in [0.5, 0.6) is 0 Å². The van der Waals surface area contributed by atoms with Crippen molar-refractivity contribution in [1.82, 2.24) is 13.5 Å². The summed E-state index contributed by atoms with van der Waals surface area (Å²) in [6.07, 6.45) is 4.18. The number of hydrogen-bond donors (Lipinski definition) is 0. The third-order valence-corrected chi connectivity index (χ3v) is 8.87. The molecule has 3 atom stereocenters. The zero-order valence-corrected chi connectivity index (χ0v) is 18.0. The zero-order chi connectivity index (χ0) is 18.3. The molecule has 0 spiro atoms. The van der Waals surface area contributed by atoms with Crippen LogP contribution in [0.2, 0.25) is 0 Å². The van der Waals surface area contributed by atoms with E-state index in [1.54, 1.807) is 4.31 Å². The van der Waals surface area contributed by atoms with Crippen molar-refractivity contribution in [1.29, 1.82) is 0 Å². The van der Waals surface area contributed by atoms with Gasteiger partial charge in [0.05, 0.1) is 0 Å². The highest BCUT2D eigenvalue weighted by Crippen LogP contribution is 2.43. The number of fused-ring (bicyclic) bond motifs is 4. The van der Waals surface area contributed by atoms with Crippen molar-refractivity contribution in [2.45, 2.75) is 51.6 Å². The van der Waals surface area contributed by atoms with Crippen LogP contribution in [0.1, 0.15) is 50.3 Å². The Balaban J connectivity index is 0.00000210. The Bertz CT molecular complexity index is 753. The zero-order valence-electron chi connectivity index (χ0n) is 16.4. The molecule has 3 aliphatic rings. The predicted octanol–water partition coefficient (Wildman–Crippen LogP) is 3.08. The van der Waals surface area contributed by atoms with Gasteiger partial charge in [-0.2, -0.15) is 17.0 Å². The van der Waals surface area contributed by atoms with Crippen LogP contribution < -0.4 is 0 Å². The summed E-state index contributed by atoms with van der Waals surface area (Å²) in [6.45, 7) is 7.77. The molecular formula is C20H32ClN3O2S. The summed E-state index contributed by atoms with van der Waals surface area (Å²) in [7, 11) is -3.36. The molecule has 0 bridgehead atoms. The van der Waals surface area contributed by atoms with Crippen molar-refractivity contribution < 1.29 is 8.42 Å². The molecule has 0 saturated carbocycles. The van der Waals surface area contributed by atoms with Crippen molar-refractivity contribution in [3.05, 3.63) is 35.4 Å². The Morgan fingerprint density at radius 1 is 1.15 bits per heavy atom. The van der Waals surface area contributed by atoms with Gasteiger partial charge in [0.1, 0.15) is 0 Å². The quantitative estimate of drug-likeness (QED) is 0.761. The van der Waals surface area contributed by atoms with Crippen molar-refractivity contribution >= 4 is 22.6 Å². The summed E-state index contributed by atoms with van der Waals surface area (Å²) in [5.41, 5.74) is 2.86. The number of piperidine rings is 2. The molecule has 152 valence electrons. The molecule has 1 aromatic rings. The van der Waals surface area contributed by atoms with E-state index in [1.165, 1.54) is 11.1 Å². The molecule has 2 fully saturated rings. The van der Waals surface area contributed by atoms with Gasteiger partial charge >= 0.3 is 0 Å². The lowest BCUT2D eigenvalue weighted by Gasteiger charge is -2.52. The Morgan fingerprint density at radius 2 is 1.89 bits per heavy atom. The van der Waals surface area contributed by atoms with Crippen molar-refractivity contribution in [2.24, 2.45) is 5.92 Å². The van der Waals surface area contributed by atoms with Gasteiger partial charge in [0.2, 0.25) is 0 Å². The second-order valence-corrected chi connectivity index (χ2v) is 9.75. The first kappa shape index (κ1) is 21.1. The fourth-order valence-electron chi connectivity index (χ4n) is 5.34. The predicted molar refractivity (Wildman–Crippen MR) is 111 cm³/mol. The number of nitrogens with zero attached hydrogens (tertiary/aromatic N) is 3. The minimum Gasteiger partial charge on any atom is -0.296 e. The van der Waals surface area contributed by atoms with Crippen LogP contribution in [0.25, 0.3) is 0 Å². The molecule has 0 aliphatic carbocycles. The number of benzene rings is 1. The van der Waals surface area contributed by atoms with E-state index in [2.05, 4.69) is 29.2 Å². The van der Waals surface area contributed by atoms with Crippen LogP contribution >= 0.6 is 12.4 Å². The average Bonchev–Trinajstić information content (AvgIpc) is 2.66. The topological polar surface area (TPSA) is 43.9 Å². The maximum Gasteiger partial charge on any atom is 0.282 e. The molecular weight excluding hydrogens is 382 g/mol. The maximum atomic E-state index is 13.2. The monoisotopic (exact) mass is 413 g/mol. The highest BCUT2D eigenvalue weighted by molar-refractivity contribution is 7.86. The summed E-state index contributed by atoms with van der Waals surface area (Å²) in [6, 6.07) is 9.25. The molecule has 2 saturated heterocycles. The average molecular weight is 414 g/mol. The molecule has 7 heteroatoms. The first-order valence-electron chi connectivity index (χ1n) is 10.1. The third-order valence-electron chi connectivity index (χ3n) is 6.65. The summed E-state index contributed by atoms with van der Waals surface area (Å²) >= 11 is 0. The molecule has 3 aliphatic heterocycles. The van der Waals surface area contributed by atoms with Gasteiger partial charge < -0.3 is 0 Å². The van der Waals surface area contributed by atoms with Crippen molar-refractivity contribution in [3.8, 4) is 0 Å². The van der Waals surface area contributed by atoms with Crippen LogP contribution in [-0.4, -0.2) is 60.7 Å². The Hall–Kier alpha value is -0.660. The molecule has 0 amide bonds. The van der Waals surface area contributed by atoms with Gasteiger partial charge in [-0.3, -0.25) is 4.90 Å². The number of hydrogen-bond acceptors (Lipinski definition) is 3. The summed E-state index contributed by atoms with van der Waals surface area (Å²) in [5, 5.41) is 0. The van der Waals surface area contributed by atoms with Gasteiger partial charge in [0.25, 0.3) is 10.2 Å². The van der Waals surface area contributed by atoms with E-state index in [-0.39, 0.29) is 18.4 Å². The molecule has 3 heterocycles. The Labute approximate surface area is 170 Å². The number of rotatable bonds is 4. The van der Waals surface area contributed by atoms with E-state index in [1.807, 2.05) is 18.2 Å². The third kappa shape index (κ3) is 3.67. The molecule has 5 nitrogen and oxygen atoms in total. The van der Waals surface area contributed by atoms with Crippen LogP contribution in [-0.2, 0) is 16.6 Å². The van der Waals surface area contributed by atoms with Crippen molar-refractivity contribution in [3.63, 3.8) is 0 Å². The molecule has 27 heavy (non-hydrogen) atoms. The van der Waals surface area contributed by atoms with E-state index in [0.717, 1.165) is 38.8 Å². The van der Waals surface area contributed by atoms with Gasteiger partial charge in [-0.15, -0.1) is 12.4 Å². The summed E-state index contributed by atoms with van der Waals surface area (Å²) < 4.78 is 30.0. The Morgan fingerprint density at radius 3 is 2.63 bits per heavy atom. The van der Waals surface area contributed by atoms with Crippen LogP contribution in [0.15, 0.2) is 24.3 Å². The molecule has 0 unspecified atom stereocenters. The normalized spacial score (nSPS) is 28.8. The molecule has 0 aromatic heterocycles. The van der Waals surface area contributed by atoms with Crippen molar-refractivity contribution in [2.75, 3.05) is 32.7 Å². The van der Waals surface area contributed by atoms with E-state index in [4.69, 9.17) is 0 Å². The molecule has 4 rings (SSSR count).